The van der Waals surface area contributed by atoms with E-state index in [0.29, 0.717) is 42.3 Å². The number of benzene rings is 1. The van der Waals surface area contributed by atoms with Crippen LogP contribution in [-0.4, -0.2) is 39.8 Å². The zero-order valence-corrected chi connectivity index (χ0v) is 26.4. The first-order chi connectivity index (χ1) is 20.0. The van der Waals surface area contributed by atoms with Crippen molar-refractivity contribution in [2.45, 2.75) is 110 Å². The summed E-state index contributed by atoms with van der Waals surface area (Å²) < 4.78 is 0. The van der Waals surface area contributed by atoms with Gasteiger partial charge < -0.3 is 9.69 Å². The largest absolute Gasteiger partial charge is 0.305 e. The highest BCUT2D eigenvalue weighted by atomic mass is 35.5. The Labute approximate surface area is 256 Å². The van der Waals surface area contributed by atoms with Gasteiger partial charge in [0, 0.05) is 29.3 Å². The SMILES string of the molecule is C=C1CCC1(C)C1CCC2(CC1)N=C(c1ccc(C)c(Cl)c1)C(=O)N2C(CC)C1=CCC(C(=O)CCCC(C)=O)C=C1. The van der Waals surface area contributed by atoms with Gasteiger partial charge in [0.15, 0.2) is 0 Å². The van der Waals surface area contributed by atoms with Gasteiger partial charge in [0.2, 0.25) is 0 Å². The van der Waals surface area contributed by atoms with Crippen LogP contribution in [-0.2, 0) is 14.4 Å². The van der Waals surface area contributed by atoms with E-state index < -0.39 is 5.66 Å². The number of rotatable bonds is 10. The van der Waals surface area contributed by atoms with E-state index in [1.807, 2.05) is 31.2 Å². The van der Waals surface area contributed by atoms with Crippen LogP contribution in [0.1, 0.15) is 103 Å². The van der Waals surface area contributed by atoms with E-state index in [0.717, 1.165) is 55.2 Å². The molecule has 0 N–H and O–H groups in total. The van der Waals surface area contributed by atoms with E-state index in [9.17, 15) is 14.4 Å². The van der Waals surface area contributed by atoms with E-state index in [1.54, 1.807) is 6.92 Å². The van der Waals surface area contributed by atoms with Crippen molar-refractivity contribution in [2.24, 2.45) is 22.2 Å². The summed E-state index contributed by atoms with van der Waals surface area (Å²) in [6.45, 7) is 12.4. The predicted octanol–water partition coefficient (Wildman–Crippen LogP) is 8.13. The minimum absolute atomic E-state index is 0.0313. The molecule has 6 heteroatoms. The van der Waals surface area contributed by atoms with Gasteiger partial charge in [0.05, 0.1) is 6.04 Å². The lowest BCUT2D eigenvalue weighted by Crippen LogP contribution is -2.55. The van der Waals surface area contributed by atoms with Crippen LogP contribution in [0.2, 0.25) is 5.02 Å². The minimum Gasteiger partial charge on any atom is -0.305 e. The van der Waals surface area contributed by atoms with Crippen LogP contribution in [0.25, 0.3) is 0 Å². The molecule has 0 bridgehead atoms. The molecular formula is C36H45ClN2O3. The van der Waals surface area contributed by atoms with Gasteiger partial charge in [-0.15, -0.1) is 0 Å². The van der Waals surface area contributed by atoms with Gasteiger partial charge in [-0.3, -0.25) is 14.6 Å². The molecule has 5 nitrogen and oxygen atoms in total. The standard InChI is InChI=1S/C36H45ClN2O3/c1-6-31(26-12-14-27(15-13-26)32(41)9-7-8-25(4)40)39-34(42)33(28-11-10-23(2)30(37)22-28)38-36(39)20-17-29(18-21-36)35(5)19-16-24(35)3/h10-14,22,27,29,31H,3,6-9,15-21H2,1-2,4-5H3. The number of halogens is 1. The lowest BCUT2D eigenvalue weighted by atomic mass is 9.55. The van der Waals surface area contributed by atoms with Gasteiger partial charge in [-0.2, -0.15) is 0 Å². The van der Waals surface area contributed by atoms with Crippen molar-refractivity contribution in [1.29, 1.82) is 0 Å². The smallest absolute Gasteiger partial charge is 0.275 e. The molecule has 2 fully saturated rings. The van der Waals surface area contributed by atoms with Gasteiger partial charge in [-0.05, 0) is 100 Å². The number of allylic oxidation sites excluding steroid dienone is 3. The third kappa shape index (κ3) is 5.62. The molecule has 1 aliphatic heterocycles. The maximum Gasteiger partial charge on any atom is 0.275 e. The number of carbonyl (C=O) groups excluding carboxylic acids is 3. The Kier molecular flexibility index (Phi) is 8.81. The molecule has 0 saturated heterocycles. The molecule has 1 aromatic carbocycles. The van der Waals surface area contributed by atoms with E-state index in [4.69, 9.17) is 16.6 Å². The van der Waals surface area contributed by atoms with E-state index >= 15 is 0 Å². The van der Waals surface area contributed by atoms with E-state index in [-0.39, 0.29) is 34.8 Å². The third-order valence-electron chi connectivity index (χ3n) is 10.7. The molecular weight excluding hydrogens is 544 g/mol. The van der Waals surface area contributed by atoms with Crippen molar-refractivity contribution < 1.29 is 14.4 Å². The van der Waals surface area contributed by atoms with Crippen LogP contribution >= 0.6 is 11.6 Å². The molecule has 4 aliphatic rings. The van der Waals surface area contributed by atoms with Crippen LogP contribution in [0.15, 0.2) is 59.1 Å². The van der Waals surface area contributed by atoms with Crippen molar-refractivity contribution in [2.75, 3.05) is 0 Å². The first-order valence-corrected chi connectivity index (χ1v) is 16.2. The summed E-state index contributed by atoms with van der Waals surface area (Å²) in [6.07, 6.45) is 15.1. The first kappa shape index (κ1) is 30.7. The lowest BCUT2D eigenvalue weighted by Gasteiger charge is -2.53. The molecule has 224 valence electrons. The van der Waals surface area contributed by atoms with Crippen LogP contribution < -0.4 is 0 Å². The maximum absolute atomic E-state index is 14.4. The first-order valence-electron chi connectivity index (χ1n) is 15.8. The molecule has 3 atom stereocenters. The van der Waals surface area contributed by atoms with Crippen LogP contribution in [0.4, 0.5) is 0 Å². The molecule has 0 aromatic heterocycles. The number of ketones is 2. The number of carbonyl (C=O) groups is 3. The van der Waals surface area contributed by atoms with Gasteiger partial charge in [-0.1, -0.05) is 68.0 Å². The number of Topliss-reactive ketones (excluding diaryl/α,β-unsaturated/α-hetero) is 2. The Hall–Kier alpha value is -2.79. The Morgan fingerprint density at radius 3 is 2.48 bits per heavy atom. The second-order valence-electron chi connectivity index (χ2n) is 13.2. The van der Waals surface area contributed by atoms with Gasteiger partial charge in [-0.25, -0.2) is 0 Å². The highest BCUT2D eigenvalue weighted by molar-refractivity contribution is 6.47. The number of amides is 1. The second kappa shape index (κ2) is 12.1. The monoisotopic (exact) mass is 588 g/mol. The number of hydrogen-bond donors (Lipinski definition) is 0. The van der Waals surface area contributed by atoms with Crippen molar-refractivity contribution >= 4 is 34.8 Å². The van der Waals surface area contributed by atoms with Crippen molar-refractivity contribution in [3.8, 4) is 0 Å². The summed E-state index contributed by atoms with van der Waals surface area (Å²) in [5, 5.41) is 0.639. The Morgan fingerprint density at radius 1 is 1.19 bits per heavy atom. The number of aryl methyl sites for hydroxylation is 1. The molecule has 1 spiro atoms. The highest BCUT2D eigenvalue weighted by Crippen LogP contribution is 2.57. The molecule has 3 aliphatic carbocycles. The van der Waals surface area contributed by atoms with Gasteiger partial charge in [0.1, 0.15) is 22.9 Å². The fraction of sp³-hybridized carbons (Fsp3) is 0.556. The zero-order chi connectivity index (χ0) is 30.2. The predicted molar refractivity (Wildman–Crippen MR) is 170 cm³/mol. The highest BCUT2D eigenvalue weighted by Gasteiger charge is 2.54. The quantitative estimate of drug-likeness (QED) is 0.259. The molecule has 3 unspecified atom stereocenters. The van der Waals surface area contributed by atoms with Crippen molar-refractivity contribution in [1.82, 2.24) is 4.90 Å². The maximum atomic E-state index is 14.4. The number of nitrogens with zero attached hydrogens (tertiary/aromatic N) is 2. The van der Waals surface area contributed by atoms with Crippen LogP contribution in [0, 0.1) is 24.2 Å². The normalized spacial score (nSPS) is 29.8. The average molecular weight is 589 g/mol. The fourth-order valence-corrected chi connectivity index (χ4v) is 7.80. The number of hydrogen-bond acceptors (Lipinski definition) is 4. The molecule has 2 saturated carbocycles. The molecule has 1 amide bonds. The van der Waals surface area contributed by atoms with Crippen LogP contribution in [0.5, 0.6) is 0 Å². The van der Waals surface area contributed by atoms with E-state index in [2.05, 4.69) is 37.5 Å². The lowest BCUT2D eigenvalue weighted by molar-refractivity contribution is -0.132. The zero-order valence-electron chi connectivity index (χ0n) is 25.7. The minimum atomic E-state index is -0.587. The van der Waals surface area contributed by atoms with Gasteiger partial charge >= 0.3 is 0 Å². The number of aliphatic imine (C=N–C) groups is 1. The Morgan fingerprint density at radius 2 is 1.93 bits per heavy atom. The summed E-state index contributed by atoms with van der Waals surface area (Å²) in [5.41, 5.74) is 4.33. The average Bonchev–Trinajstić information content (AvgIpc) is 3.25. The summed E-state index contributed by atoms with van der Waals surface area (Å²) in [7, 11) is 0. The van der Waals surface area contributed by atoms with Crippen LogP contribution in [0.3, 0.4) is 0 Å². The third-order valence-corrected chi connectivity index (χ3v) is 11.1. The Balaban J connectivity index is 1.41. The fourth-order valence-electron chi connectivity index (χ4n) is 7.62. The Bertz CT molecular complexity index is 1380. The second-order valence-corrected chi connectivity index (χ2v) is 13.6. The summed E-state index contributed by atoms with van der Waals surface area (Å²) in [5.74, 6) is 0.661. The molecule has 1 heterocycles. The molecule has 0 radical (unpaired) electrons. The van der Waals surface area contributed by atoms with E-state index in [1.165, 1.54) is 12.0 Å². The molecule has 42 heavy (non-hydrogen) atoms. The van der Waals surface area contributed by atoms with Crippen molar-refractivity contribution in [3.63, 3.8) is 0 Å². The summed E-state index contributed by atoms with van der Waals surface area (Å²) >= 11 is 6.51. The molecule has 5 rings (SSSR count). The van der Waals surface area contributed by atoms with Crippen molar-refractivity contribution in [3.05, 3.63) is 70.3 Å². The molecule has 1 aromatic rings. The van der Waals surface area contributed by atoms with Gasteiger partial charge in [0.25, 0.3) is 5.91 Å². The summed E-state index contributed by atoms with van der Waals surface area (Å²) in [4.78, 5) is 45.8. The topological polar surface area (TPSA) is 66.8 Å². The summed E-state index contributed by atoms with van der Waals surface area (Å²) in [6, 6.07) is 5.66.